The maximum absolute atomic E-state index is 15.6. The van der Waals surface area contributed by atoms with E-state index in [9.17, 15) is 18.0 Å². The highest BCUT2D eigenvalue weighted by atomic mass is 19.4. The monoisotopic (exact) mass is 476 g/mol. The average Bonchev–Trinajstić information content (AvgIpc) is 3.47. The maximum Gasteiger partial charge on any atom is 0.416 e. The molecule has 0 N–H and O–H groups in total. The van der Waals surface area contributed by atoms with Crippen molar-refractivity contribution < 1.29 is 26.7 Å². The highest BCUT2D eigenvalue weighted by Gasteiger charge is 2.43. The quantitative estimate of drug-likeness (QED) is 0.440. The van der Waals surface area contributed by atoms with Crippen LogP contribution in [0, 0.1) is 0 Å². The minimum Gasteiger partial charge on any atom is -0.318 e. The Kier molecular flexibility index (Phi) is 5.03. The van der Waals surface area contributed by atoms with Gasteiger partial charge in [-0.15, -0.1) is 10.2 Å². The predicted octanol–water partition coefficient (Wildman–Crippen LogP) is 5.77. The zero-order chi connectivity index (χ0) is 24.4. The van der Waals surface area contributed by atoms with Crippen LogP contribution in [0.5, 0.6) is 0 Å². The summed E-state index contributed by atoms with van der Waals surface area (Å²) in [5.41, 5.74) is -2.81. The molecule has 1 aromatic heterocycles. The van der Waals surface area contributed by atoms with Gasteiger partial charge in [-0.05, 0) is 66.6 Å². The van der Waals surface area contributed by atoms with Crippen LogP contribution in [0.2, 0.25) is 0 Å². The van der Waals surface area contributed by atoms with Gasteiger partial charge < -0.3 is 9.47 Å². The molecule has 1 amide bonds. The van der Waals surface area contributed by atoms with E-state index in [4.69, 9.17) is 0 Å². The van der Waals surface area contributed by atoms with E-state index < -0.39 is 29.5 Å². The Morgan fingerprint density at radius 1 is 1.12 bits per heavy atom. The summed E-state index contributed by atoms with van der Waals surface area (Å²) in [7, 11) is 1.49. The summed E-state index contributed by atoms with van der Waals surface area (Å²) in [6.45, 7) is 0.748. The molecular weight excluding hydrogens is 455 g/mol. The van der Waals surface area contributed by atoms with E-state index in [1.54, 1.807) is 6.07 Å². The normalized spacial score (nSPS) is 18.7. The van der Waals surface area contributed by atoms with Gasteiger partial charge in [0.25, 0.3) is 5.91 Å². The number of aryl methyl sites for hydroxylation is 1. The molecule has 0 bridgehead atoms. The Balaban J connectivity index is 1.51. The van der Waals surface area contributed by atoms with Crippen LogP contribution in [-0.4, -0.2) is 20.7 Å². The molecule has 0 saturated heterocycles. The lowest BCUT2D eigenvalue weighted by atomic mass is 9.92. The van der Waals surface area contributed by atoms with Crippen LogP contribution in [0.15, 0.2) is 42.7 Å². The van der Waals surface area contributed by atoms with Gasteiger partial charge in [-0.1, -0.05) is 12.1 Å². The smallest absolute Gasteiger partial charge is 0.318 e. The van der Waals surface area contributed by atoms with Gasteiger partial charge in [0.2, 0.25) is 0 Å². The van der Waals surface area contributed by atoms with Crippen molar-refractivity contribution in [1.29, 1.82) is 0 Å². The van der Waals surface area contributed by atoms with Crippen molar-refractivity contribution in [3.05, 3.63) is 76.4 Å². The van der Waals surface area contributed by atoms with E-state index in [2.05, 4.69) is 10.2 Å². The van der Waals surface area contributed by atoms with E-state index in [1.807, 2.05) is 0 Å². The van der Waals surface area contributed by atoms with Crippen LogP contribution in [0.1, 0.15) is 70.3 Å². The Bertz CT molecular complexity index is 1280. The summed E-state index contributed by atoms with van der Waals surface area (Å²) in [4.78, 5) is 14.3. The number of rotatable bonds is 5. The fourth-order valence-corrected chi connectivity index (χ4v) is 4.43. The molecule has 2 heterocycles. The third kappa shape index (κ3) is 3.65. The molecule has 1 saturated carbocycles. The second-order valence-electron chi connectivity index (χ2n) is 9.05. The van der Waals surface area contributed by atoms with Crippen LogP contribution < -0.4 is 4.90 Å². The summed E-state index contributed by atoms with van der Waals surface area (Å²) in [6, 6.07) is 8.28. The fraction of sp³-hybridized carbons (Fsp3) is 0.375. The molecule has 1 fully saturated rings. The van der Waals surface area contributed by atoms with Crippen molar-refractivity contribution in [3.63, 3.8) is 0 Å². The molecule has 0 radical (unpaired) electrons. The number of anilines is 1. The zero-order valence-electron chi connectivity index (χ0n) is 18.4. The number of carbonyl (C=O) groups is 1. The topological polar surface area (TPSA) is 51.0 Å². The highest BCUT2D eigenvalue weighted by Crippen LogP contribution is 2.46. The van der Waals surface area contributed by atoms with Gasteiger partial charge in [-0.3, -0.25) is 4.79 Å². The summed E-state index contributed by atoms with van der Waals surface area (Å²) >= 11 is 0. The van der Waals surface area contributed by atoms with Crippen molar-refractivity contribution >= 4 is 11.6 Å². The number of fused-ring (bicyclic) bond motifs is 1. The number of nitrogens with zero attached hydrogens (tertiary/aromatic N) is 4. The molecule has 1 aliphatic carbocycles. The summed E-state index contributed by atoms with van der Waals surface area (Å²) in [5, 5.41) is 7.21. The molecule has 1 aliphatic heterocycles. The molecule has 2 atom stereocenters. The van der Waals surface area contributed by atoms with Crippen molar-refractivity contribution in [2.24, 2.45) is 7.05 Å². The minimum atomic E-state index is -4.61. The van der Waals surface area contributed by atoms with Crippen molar-refractivity contribution in [2.45, 2.75) is 50.2 Å². The number of hydrogen-bond donors (Lipinski definition) is 0. The van der Waals surface area contributed by atoms with Crippen LogP contribution >= 0.6 is 0 Å². The lowest BCUT2D eigenvalue weighted by Crippen LogP contribution is -2.27. The molecule has 0 spiro atoms. The Morgan fingerprint density at radius 3 is 2.47 bits per heavy atom. The molecule has 2 aromatic carbocycles. The Morgan fingerprint density at radius 2 is 1.85 bits per heavy atom. The third-order valence-electron chi connectivity index (χ3n) is 6.59. The first kappa shape index (κ1) is 22.5. The second-order valence-corrected chi connectivity index (χ2v) is 9.05. The molecule has 5 rings (SSSR count). The van der Waals surface area contributed by atoms with Gasteiger partial charge in [-0.2, -0.15) is 13.2 Å². The number of carbonyl (C=O) groups excluding carboxylic acids is 1. The first-order valence-corrected chi connectivity index (χ1v) is 10.8. The zero-order valence-corrected chi connectivity index (χ0v) is 18.4. The lowest BCUT2D eigenvalue weighted by Gasteiger charge is -2.26. The molecule has 178 valence electrons. The second kappa shape index (κ2) is 7.61. The standard InChI is InChI=1S/C24H21F5N4O/c1-23(26,20(25)21-31-30-12-32(21)2)15-4-3-5-16(10-15)33-11-18-17(22(33)34)8-14(13-6-7-13)9-19(18)24(27,28)29/h3-5,8-10,12-13,20H,6-7,11H2,1-2H3/t20-,23-/m0/s1. The average molecular weight is 476 g/mol. The van der Waals surface area contributed by atoms with Crippen LogP contribution in [0.4, 0.5) is 27.6 Å². The summed E-state index contributed by atoms with van der Waals surface area (Å²) in [6.07, 6.45) is -3.92. The fourth-order valence-electron chi connectivity index (χ4n) is 4.43. The number of benzene rings is 2. The number of hydrogen-bond acceptors (Lipinski definition) is 3. The molecular formula is C24H21F5N4O. The van der Waals surface area contributed by atoms with E-state index in [0.29, 0.717) is 5.56 Å². The van der Waals surface area contributed by atoms with E-state index >= 15 is 8.78 Å². The van der Waals surface area contributed by atoms with Crippen LogP contribution in [0.25, 0.3) is 0 Å². The number of aromatic nitrogens is 3. The predicted molar refractivity (Wildman–Crippen MR) is 114 cm³/mol. The van der Waals surface area contributed by atoms with Gasteiger partial charge in [0.05, 0.1) is 12.1 Å². The van der Waals surface area contributed by atoms with Crippen LogP contribution in [-0.2, 0) is 25.4 Å². The van der Waals surface area contributed by atoms with E-state index in [1.165, 1.54) is 47.1 Å². The van der Waals surface area contributed by atoms with Gasteiger partial charge in [0, 0.05) is 18.3 Å². The van der Waals surface area contributed by atoms with Gasteiger partial charge in [0.15, 0.2) is 17.7 Å². The first-order valence-electron chi connectivity index (χ1n) is 10.8. The molecule has 2 aliphatic rings. The SMILES string of the molecule is Cn1cnnc1[C@H](F)[C@@](C)(F)c1cccc(N2Cc3c(cc(C4CC4)cc3C(F)(F)F)C2=O)c1. The van der Waals surface area contributed by atoms with E-state index in [-0.39, 0.29) is 40.7 Å². The third-order valence-corrected chi connectivity index (χ3v) is 6.59. The van der Waals surface area contributed by atoms with Crippen molar-refractivity contribution in [1.82, 2.24) is 14.8 Å². The van der Waals surface area contributed by atoms with Crippen LogP contribution in [0.3, 0.4) is 0 Å². The molecule has 34 heavy (non-hydrogen) atoms. The molecule has 0 unspecified atom stereocenters. The Labute approximate surface area is 192 Å². The van der Waals surface area contributed by atoms with Gasteiger partial charge in [-0.25, -0.2) is 8.78 Å². The Hall–Kier alpha value is -3.30. The van der Waals surface area contributed by atoms with Gasteiger partial charge >= 0.3 is 6.18 Å². The number of halogens is 5. The van der Waals surface area contributed by atoms with Crippen molar-refractivity contribution in [3.8, 4) is 0 Å². The lowest BCUT2D eigenvalue weighted by molar-refractivity contribution is -0.138. The molecule has 10 heteroatoms. The number of amides is 1. The first-order chi connectivity index (χ1) is 16.0. The van der Waals surface area contributed by atoms with Gasteiger partial charge in [0.1, 0.15) is 6.33 Å². The maximum atomic E-state index is 15.6. The van der Waals surface area contributed by atoms with Crippen molar-refractivity contribution in [2.75, 3.05) is 4.90 Å². The molecule has 3 aromatic rings. The summed E-state index contributed by atoms with van der Waals surface area (Å²) < 4.78 is 73.4. The highest BCUT2D eigenvalue weighted by molar-refractivity contribution is 6.10. The minimum absolute atomic E-state index is 0.00703. The largest absolute Gasteiger partial charge is 0.416 e. The molecule has 5 nitrogen and oxygen atoms in total. The summed E-state index contributed by atoms with van der Waals surface area (Å²) in [5.74, 6) is -0.765. The number of alkyl halides is 5. The van der Waals surface area contributed by atoms with E-state index in [0.717, 1.165) is 25.8 Å².